The molecular weight excluding hydrogens is 397 g/mol. The van der Waals surface area contributed by atoms with Crippen LogP contribution in [0.15, 0.2) is 63.0 Å². The quantitative estimate of drug-likeness (QED) is 0.471. The number of aromatic nitrogens is 2. The van der Waals surface area contributed by atoms with Crippen molar-refractivity contribution in [3.8, 4) is 11.5 Å². The second kappa shape index (κ2) is 8.45. The molecule has 0 aliphatic heterocycles. The highest BCUT2D eigenvalue weighted by Crippen LogP contribution is 2.26. The van der Waals surface area contributed by atoms with E-state index in [-0.39, 0.29) is 24.2 Å². The lowest BCUT2D eigenvalue weighted by Crippen LogP contribution is -2.29. The van der Waals surface area contributed by atoms with Crippen LogP contribution in [0.3, 0.4) is 0 Å². The van der Waals surface area contributed by atoms with Gasteiger partial charge in [0, 0.05) is 28.7 Å². The Balaban J connectivity index is 1.41. The molecule has 0 saturated heterocycles. The highest BCUT2D eigenvalue weighted by Gasteiger charge is 2.19. The number of hydrogen-bond donors (Lipinski definition) is 1. The first kappa shape index (κ1) is 18.5. The predicted octanol–water partition coefficient (Wildman–Crippen LogP) is 4.84. The maximum Gasteiger partial charge on any atom is 0.248 e. The maximum atomic E-state index is 13.3. The van der Waals surface area contributed by atoms with Crippen molar-refractivity contribution in [3.05, 3.63) is 80.8 Å². The SMILES string of the molecule is O=C(CCc1nnc(-c2ccsc2)o1)N[C@H](c1ccc(F)cc1)c1cccs1. The number of amides is 1. The van der Waals surface area contributed by atoms with Crippen molar-refractivity contribution in [1.29, 1.82) is 0 Å². The number of nitrogens with zero attached hydrogens (tertiary/aromatic N) is 2. The van der Waals surface area contributed by atoms with E-state index in [9.17, 15) is 9.18 Å². The van der Waals surface area contributed by atoms with E-state index in [1.54, 1.807) is 23.5 Å². The molecular formula is C20H16FN3O2S2. The van der Waals surface area contributed by atoms with Gasteiger partial charge in [0.15, 0.2) is 0 Å². The van der Waals surface area contributed by atoms with Gasteiger partial charge in [-0.3, -0.25) is 4.79 Å². The standard InChI is InChI=1S/C20H16FN3O2S2/c21-15-5-3-13(4-6-15)19(16-2-1-10-28-16)22-17(25)7-8-18-23-24-20(26-18)14-9-11-27-12-14/h1-6,9-12,19H,7-8H2,(H,22,25)/t19-/m1/s1. The molecule has 1 N–H and O–H groups in total. The lowest BCUT2D eigenvalue weighted by molar-refractivity contribution is -0.121. The molecule has 0 spiro atoms. The van der Waals surface area contributed by atoms with Crippen LogP contribution in [0, 0.1) is 5.82 Å². The van der Waals surface area contributed by atoms with Crippen molar-refractivity contribution in [2.24, 2.45) is 0 Å². The zero-order valence-corrected chi connectivity index (χ0v) is 16.3. The normalized spacial score (nSPS) is 12.0. The first-order valence-electron chi connectivity index (χ1n) is 8.62. The Bertz CT molecular complexity index is 1030. The van der Waals surface area contributed by atoms with Gasteiger partial charge in [0.1, 0.15) is 5.82 Å². The van der Waals surface area contributed by atoms with Gasteiger partial charge in [-0.15, -0.1) is 21.5 Å². The molecule has 0 unspecified atom stereocenters. The predicted molar refractivity (Wildman–Crippen MR) is 107 cm³/mol. The third-order valence-electron chi connectivity index (χ3n) is 4.14. The summed E-state index contributed by atoms with van der Waals surface area (Å²) in [6, 6.07) is 11.6. The number of thiophene rings is 2. The molecule has 3 aromatic heterocycles. The number of aryl methyl sites for hydroxylation is 1. The highest BCUT2D eigenvalue weighted by atomic mass is 32.1. The van der Waals surface area contributed by atoms with Crippen LogP contribution in [0.4, 0.5) is 4.39 Å². The zero-order valence-electron chi connectivity index (χ0n) is 14.7. The van der Waals surface area contributed by atoms with Gasteiger partial charge < -0.3 is 9.73 Å². The van der Waals surface area contributed by atoms with Crippen molar-refractivity contribution in [2.75, 3.05) is 0 Å². The minimum atomic E-state index is -0.322. The van der Waals surface area contributed by atoms with Gasteiger partial charge in [0.05, 0.1) is 6.04 Å². The fraction of sp³-hybridized carbons (Fsp3) is 0.150. The van der Waals surface area contributed by atoms with E-state index in [1.807, 2.05) is 34.3 Å². The smallest absolute Gasteiger partial charge is 0.248 e. The molecule has 8 heteroatoms. The lowest BCUT2D eigenvalue weighted by Gasteiger charge is -2.18. The number of carbonyl (C=O) groups excluding carboxylic acids is 1. The van der Waals surface area contributed by atoms with Gasteiger partial charge in [-0.2, -0.15) is 11.3 Å². The summed E-state index contributed by atoms with van der Waals surface area (Å²) in [6.07, 6.45) is 0.567. The minimum Gasteiger partial charge on any atom is -0.421 e. The van der Waals surface area contributed by atoms with Crippen LogP contribution < -0.4 is 5.32 Å². The molecule has 0 radical (unpaired) electrons. The van der Waals surface area contributed by atoms with E-state index < -0.39 is 0 Å². The van der Waals surface area contributed by atoms with Crippen molar-refractivity contribution >= 4 is 28.6 Å². The van der Waals surface area contributed by atoms with Crippen LogP contribution in [0.1, 0.15) is 28.8 Å². The van der Waals surface area contributed by atoms with Crippen LogP contribution in [0.5, 0.6) is 0 Å². The minimum absolute atomic E-state index is 0.141. The summed E-state index contributed by atoms with van der Waals surface area (Å²) in [5.74, 6) is 0.432. The molecule has 0 saturated carbocycles. The molecule has 4 rings (SSSR count). The van der Waals surface area contributed by atoms with Crippen LogP contribution in [0.2, 0.25) is 0 Å². The number of rotatable bonds is 7. The van der Waals surface area contributed by atoms with E-state index in [1.165, 1.54) is 23.5 Å². The fourth-order valence-corrected chi connectivity index (χ4v) is 4.17. The molecule has 0 fully saturated rings. The zero-order chi connectivity index (χ0) is 19.3. The molecule has 28 heavy (non-hydrogen) atoms. The van der Waals surface area contributed by atoms with Crippen molar-refractivity contribution < 1.29 is 13.6 Å². The molecule has 1 amide bonds. The first-order chi connectivity index (χ1) is 13.7. The van der Waals surface area contributed by atoms with Gasteiger partial charge in [-0.25, -0.2) is 4.39 Å². The molecule has 0 aliphatic rings. The van der Waals surface area contributed by atoms with Gasteiger partial charge in [0.25, 0.3) is 0 Å². The Morgan fingerprint density at radius 2 is 2.00 bits per heavy atom. The molecule has 4 aromatic rings. The summed E-state index contributed by atoms with van der Waals surface area (Å²) in [7, 11) is 0. The maximum absolute atomic E-state index is 13.3. The number of carbonyl (C=O) groups is 1. The van der Waals surface area contributed by atoms with Crippen LogP contribution in [-0.2, 0) is 11.2 Å². The number of hydrogen-bond acceptors (Lipinski definition) is 6. The summed E-state index contributed by atoms with van der Waals surface area (Å²) in [5, 5.41) is 16.9. The van der Waals surface area contributed by atoms with Gasteiger partial charge in [0.2, 0.25) is 17.7 Å². The van der Waals surface area contributed by atoms with Crippen LogP contribution >= 0.6 is 22.7 Å². The third-order valence-corrected chi connectivity index (χ3v) is 5.76. The Morgan fingerprint density at radius 3 is 2.71 bits per heavy atom. The van der Waals surface area contributed by atoms with Gasteiger partial charge in [-0.1, -0.05) is 18.2 Å². The third kappa shape index (κ3) is 4.35. The van der Waals surface area contributed by atoms with E-state index in [2.05, 4.69) is 15.5 Å². The number of benzene rings is 1. The second-order valence-corrected chi connectivity index (χ2v) is 7.84. The summed E-state index contributed by atoms with van der Waals surface area (Å²) in [4.78, 5) is 13.5. The van der Waals surface area contributed by atoms with E-state index in [0.717, 1.165) is 16.0 Å². The molecule has 3 heterocycles. The summed E-state index contributed by atoms with van der Waals surface area (Å²) in [6.45, 7) is 0. The Morgan fingerprint density at radius 1 is 1.14 bits per heavy atom. The molecule has 0 bridgehead atoms. The Kier molecular flexibility index (Phi) is 5.59. The van der Waals surface area contributed by atoms with Gasteiger partial charge in [-0.05, 0) is 40.6 Å². The molecule has 1 aromatic carbocycles. The topological polar surface area (TPSA) is 68.0 Å². The van der Waals surface area contributed by atoms with Gasteiger partial charge >= 0.3 is 0 Å². The second-order valence-electron chi connectivity index (χ2n) is 6.08. The average Bonchev–Trinajstić information content (AvgIpc) is 3.47. The number of halogens is 1. The monoisotopic (exact) mass is 413 g/mol. The Labute approximate surface area is 168 Å². The van der Waals surface area contributed by atoms with Crippen LogP contribution in [-0.4, -0.2) is 16.1 Å². The summed E-state index contributed by atoms with van der Waals surface area (Å²) < 4.78 is 18.9. The molecule has 142 valence electrons. The average molecular weight is 413 g/mol. The van der Waals surface area contributed by atoms with E-state index in [0.29, 0.717) is 18.2 Å². The molecule has 5 nitrogen and oxygen atoms in total. The van der Waals surface area contributed by atoms with E-state index in [4.69, 9.17) is 4.42 Å². The fourth-order valence-electron chi connectivity index (χ4n) is 2.74. The molecule has 1 atom stereocenters. The van der Waals surface area contributed by atoms with Crippen molar-refractivity contribution in [3.63, 3.8) is 0 Å². The Hall–Kier alpha value is -2.84. The molecule has 0 aliphatic carbocycles. The summed E-state index contributed by atoms with van der Waals surface area (Å²) in [5.41, 5.74) is 1.71. The van der Waals surface area contributed by atoms with Crippen LogP contribution in [0.25, 0.3) is 11.5 Å². The largest absolute Gasteiger partial charge is 0.421 e. The summed E-state index contributed by atoms with van der Waals surface area (Å²) >= 11 is 3.09. The lowest BCUT2D eigenvalue weighted by atomic mass is 10.0. The van der Waals surface area contributed by atoms with E-state index >= 15 is 0 Å². The number of nitrogens with one attached hydrogen (secondary N) is 1. The van der Waals surface area contributed by atoms with Crippen molar-refractivity contribution in [2.45, 2.75) is 18.9 Å². The van der Waals surface area contributed by atoms with Crippen molar-refractivity contribution in [1.82, 2.24) is 15.5 Å². The first-order valence-corrected chi connectivity index (χ1v) is 10.4. The highest BCUT2D eigenvalue weighted by molar-refractivity contribution is 7.10.